The largest absolute Gasteiger partial charge is 0.396 e. The molecule has 0 bridgehead atoms. The number of aliphatic hydroxyl groups is 3. The van der Waals surface area contributed by atoms with Crippen molar-refractivity contribution in [2.24, 2.45) is 11.8 Å². The van der Waals surface area contributed by atoms with Crippen LogP contribution in [0.1, 0.15) is 41.0 Å². The molecule has 3 N–H and O–H groups in total. The lowest BCUT2D eigenvalue weighted by Crippen LogP contribution is -2.28. The van der Waals surface area contributed by atoms with Crippen LogP contribution in [0.15, 0.2) is 0 Å². The lowest BCUT2D eigenvalue weighted by atomic mass is 10.1. The molecular weight excluding hydrogens is 180 g/mol. The zero-order valence-corrected chi connectivity index (χ0v) is 10.1. The van der Waals surface area contributed by atoms with E-state index in [1.807, 2.05) is 34.6 Å². The Kier molecular flexibility index (Phi) is 11.0. The highest BCUT2D eigenvalue weighted by molar-refractivity contribution is 4.88. The fourth-order valence-corrected chi connectivity index (χ4v) is 1.55. The standard InChI is InChI=1S/C7H14O3.2C2H6/c1-4-2-5(3-8)7(10)6(4)9;2*1-2/h4-10H,2-3H2,1H3;2*1-2H3. The monoisotopic (exact) mass is 206 g/mol. The predicted octanol–water partition coefficient (Wildman–Crippen LogP) is 1.41. The van der Waals surface area contributed by atoms with Gasteiger partial charge in [0.15, 0.2) is 0 Å². The molecule has 0 aromatic heterocycles. The molecule has 3 nitrogen and oxygen atoms in total. The van der Waals surface area contributed by atoms with E-state index < -0.39 is 12.2 Å². The van der Waals surface area contributed by atoms with Gasteiger partial charge in [-0.25, -0.2) is 0 Å². The third-order valence-electron chi connectivity index (χ3n) is 2.32. The van der Waals surface area contributed by atoms with Crippen LogP contribution in [0.5, 0.6) is 0 Å². The van der Waals surface area contributed by atoms with Crippen LogP contribution in [0.2, 0.25) is 0 Å². The summed E-state index contributed by atoms with van der Waals surface area (Å²) >= 11 is 0. The van der Waals surface area contributed by atoms with E-state index >= 15 is 0 Å². The number of hydrogen-bond donors (Lipinski definition) is 3. The van der Waals surface area contributed by atoms with Gasteiger partial charge in [-0.2, -0.15) is 0 Å². The smallest absolute Gasteiger partial charge is 0.0851 e. The van der Waals surface area contributed by atoms with E-state index in [9.17, 15) is 10.2 Å². The summed E-state index contributed by atoms with van der Waals surface area (Å²) in [5.74, 6) is -0.00264. The Balaban J connectivity index is 0. The topological polar surface area (TPSA) is 60.7 Å². The Labute approximate surface area is 87.8 Å². The molecule has 1 aliphatic rings. The number of hydrogen-bond acceptors (Lipinski definition) is 3. The molecule has 0 amide bonds. The average molecular weight is 206 g/mol. The molecule has 1 rings (SSSR count). The second kappa shape index (κ2) is 9.44. The maximum absolute atomic E-state index is 9.22. The van der Waals surface area contributed by atoms with E-state index in [0.29, 0.717) is 0 Å². The normalized spacial score (nSPS) is 35.1. The summed E-state index contributed by atoms with van der Waals surface area (Å²) in [5, 5.41) is 27.1. The van der Waals surface area contributed by atoms with E-state index in [1.54, 1.807) is 0 Å². The highest BCUT2D eigenvalue weighted by atomic mass is 16.3. The summed E-state index contributed by atoms with van der Waals surface area (Å²) in [4.78, 5) is 0. The molecule has 1 saturated carbocycles. The summed E-state index contributed by atoms with van der Waals surface area (Å²) in [7, 11) is 0. The molecular formula is C11H26O3. The molecule has 0 aliphatic heterocycles. The first-order chi connectivity index (χ1) is 6.66. The highest BCUT2D eigenvalue weighted by Gasteiger charge is 2.38. The van der Waals surface area contributed by atoms with Gasteiger partial charge in [-0.05, 0) is 12.3 Å². The molecule has 1 fully saturated rings. The van der Waals surface area contributed by atoms with Crippen molar-refractivity contribution in [1.29, 1.82) is 0 Å². The minimum absolute atomic E-state index is 0.0252. The van der Waals surface area contributed by atoms with Gasteiger partial charge in [0.1, 0.15) is 0 Å². The molecule has 0 radical (unpaired) electrons. The highest BCUT2D eigenvalue weighted by Crippen LogP contribution is 2.30. The van der Waals surface area contributed by atoms with Crippen molar-refractivity contribution in [3.63, 3.8) is 0 Å². The van der Waals surface area contributed by atoms with Crippen molar-refractivity contribution in [2.45, 2.75) is 53.2 Å². The Bertz CT molecular complexity index is 117. The zero-order chi connectivity index (χ0) is 11.7. The first-order valence-electron chi connectivity index (χ1n) is 5.63. The molecule has 4 atom stereocenters. The predicted molar refractivity (Wildman–Crippen MR) is 59.1 cm³/mol. The molecule has 0 heterocycles. The SMILES string of the molecule is CC.CC.CC1CC(CO)C(O)C1O. The minimum Gasteiger partial charge on any atom is -0.396 e. The molecule has 1 aliphatic carbocycles. The molecule has 88 valence electrons. The quantitative estimate of drug-likeness (QED) is 0.608. The van der Waals surface area contributed by atoms with Gasteiger partial charge in [-0.15, -0.1) is 0 Å². The van der Waals surface area contributed by atoms with Gasteiger partial charge >= 0.3 is 0 Å². The second-order valence-electron chi connectivity index (χ2n) is 3.14. The van der Waals surface area contributed by atoms with Crippen LogP contribution in [-0.4, -0.2) is 34.1 Å². The van der Waals surface area contributed by atoms with Crippen molar-refractivity contribution < 1.29 is 15.3 Å². The lowest BCUT2D eigenvalue weighted by molar-refractivity contribution is -0.00366. The van der Waals surface area contributed by atoms with Crippen molar-refractivity contribution >= 4 is 0 Å². The first kappa shape index (κ1) is 16.3. The molecule has 3 heteroatoms. The Morgan fingerprint density at radius 1 is 1.00 bits per heavy atom. The van der Waals surface area contributed by atoms with E-state index in [-0.39, 0.29) is 18.4 Å². The summed E-state index contributed by atoms with van der Waals surface area (Å²) < 4.78 is 0. The first-order valence-corrected chi connectivity index (χ1v) is 5.63. The molecule has 4 unspecified atom stereocenters. The van der Waals surface area contributed by atoms with E-state index in [2.05, 4.69) is 0 Å². The zero-order valence-electron chi connectivity index (χ0n) is 10.1. The van der Waals surface area contributed by atoms with Crippen molar-refractivity contribution in [3.05, 3.63) is 0 Å². The third-order valence-corrected chi connectivity index (χ3v) is 2.32. The van der Waals surface area contributed by atoms with Gasteiger partial charge in [-0.1, -0.05) is 34.6 Å². The maximum Gasteiger partial charge on any atom is 0.0851 e. The average Bonchev–Trinajstić information content (AvgIpc) is 2.51. The molecule has 0 aromatic carbocycles. The van der Waals surface area contributed by atoms with Crippen LogP contribution in [0.3, 0.4) is 0 Å². The van der Waals surface area contributed by atoms with Gasteiger partial charge < -0.3 is 15.3 Å². The minimum atomic E-state index is -0.722. The Morgan fingerprint density at radius 3 is 1.57 bits per heavy atom. The summed E-state index contributed by atoms with van der Waals surface area (Å²) in [5.41, 5.74) is 0. The fraction of sp³-hybridized carbons (Fsp3) is 1.00. The van der Waals surface area contributed by atoms with Gasteiger partial charge in [0.25, 0.3) is 0 Å². The van der Waals surface area contributed by atoms with Gasteiger partial charge in [0, 0.05) is 12.5 Å². The van der Waals surface area contributed by atoms with Gasteiger partial charge in [0.05, 0.1) is 12.2 Å². The Morgan fingerprint density at radius 2 is 1.43 bits per heavy atom. The summed E-state index contributed by atoms with van der Waals surface area (Å²) in [6, 6.07) is 0. The van der Waals surface area contributed by atoms with E-state index in [4.69, 9.17) is 5.11 Å². The van der Waals surface area contributed by atoms with Crippen LogP contribution in [-0.2, 0) is 0 Å². The lowest BCUT2D eigenvalue weighted by Gasteiger charge is -2.13. The summed E-state index contributed by atoms with van der Waals surface area (Å²) in [6.07, 6.45) is -0.643. The van der Waals surface area contributed by atoms with Gasteiger partial charge in [-0.3, -0.25) is 0 Å². The van der Waals surface area contributed by atoms with Crippen LogP contribution >= 0.6 is 0 Å². The third kappa shape index (κ3) is 4.40. The maximum atomic E-state index is 9.22. The van der Waals surface area contributed by atoms with Crippen molar-refractivity contribution in [2.75, 3.05) is 6.61 Å². The molecule has 0 saturated heterocycles. The van der Waals surface area contributed by atoms with Crippen LogP contribution < -0.4 is 0 Å². The van der Waals surface area contributed by atoms with Crippen LogP contribution in [0.25, 0.3) is 0 Å². The van der Waals surface area contributed by atoms with Crippen LogP contribution in [0.4, 0.5) is 0 Å². The van der Waals surface area contributed by atoms with Crippen molar-refractivity contribution in [1.82, 2.24) is 0 Å². The van der Waals surface area contributed by atoms with Gasteiger partial charge in [0.2, 0.25) is 0 Å². The summed E-state index contributed by atoms with van der Waals surface area (Å²) in [6.45, 7) is 9.85. The Hall–Kier alpha value is -0.120. The van der Waals surface area contributed by atoms with Crippen LogP contribution in [0, 0.1) is 11.8 Å². The fourth-order valence-electron chi connectivity index (χ4n) is 1.55. The molecule has 14 heavy (non-hydrogen) atoms. The van der Waals surface area contributed by atoms with Crippen molar-refractivity contribution in [3.8, 4) is 0 Å². The second-order valence-corrected chi connectivity index (χ2v) is 3.14. The van der Waals surface area contributed by atoms with E-state index in [1.165, 1.54) is 0 Å². The molecule has 0 spiro atoms. The number of aliphatic hydroxyl groups excluding tert-OH is 3. The molecule has 0 aromatic rings. The number of rotatable bonds is 1. The van der Waals surface area contributed by atoms with E-state index in [0.717, 1.165) is 6.42 Å².